The highest BCUT2D eigenvalue weighted by Crippen LogP contribution is 2.28. The van der Waals surface area contributed by atoms with E-state index in [1.807, 2.05) is 0 Å². The summed E-state index contributed by atoms with van der Waals surface area (Å²) in [5.74, 6) is -0.122. The Morgan fingerprint density at radius 1 is 1.44 bits per heavy atom. The van der Waals surface area contributed by atoms with Gasteiger partial charge in [-0.05, 0) is 38.3 Å². The molecule has 0 amide bonds. The molecule has 1 saturated carbocycles. The quantitative estimate of drug-likeness (QED) is 0.493. The maximum Gasteiger partial charge on any atom is 0.131 e. The SMILES string of the molecule is C/C(=N/O)c1ccc(F)cc1OC1CCCC1O. The molecule has 18 heavy (non-hydrogen) atoms. The average Bonchev–Trinajstić information content (AvgIpc) is 2.74. The van der Waals surface area contributed by atoms with E-state index in [4.69, 9.17) is 9.94 Å². The van der Waals surface area contributed by atoms with Gasteiger partial charge < -0.3 is 15.1 Å². The molecule has 1 aliphatic carbocycles. The van der Waals surface area contributed by atoms with Crippen molar-refractivity contribution in [1.82, 2.24) is 0 Å². The molecule has 1 aromatic carbocycles. The molecule has 1 aliphatic rings. The van der Waals surface area contributed by atoms with Crippen LogP contribution < -0.4 is 4.74 Å². The van der Waals surface area contributed by atoms with Gasteiger partial charge in [-0.25, -0.2) is 4.39 Å². The highest BCUT2D eigenvalue weighted by atomic mass is 19.1. The monoisotopic (exact) mass is 253 g/mol. The number of halogens is 1. The van der Waals surface area contributed by atoms with E-state index in [1.165, 1.54) is 18.2 Å². The highest BCUT2D eigenvalue weighted by molar-refractivity contribution is 6.00. The Morgan fingerprint density at radius 3 is 2.83 bits per heavy atom. The number of hydrogen-bond acceptors (Lipinski definition) is 4. The minimum absolute atomic E-state index is 0.302. The van der Waals surface area contributed by atoms with Crippen molar-refractivity contribution < 1.29 is 19.4 Å². The zero-order chi connectivity index (χ0) is 13.1. The molecule has 0 aromatic heterocycles. The Labute approximate surface area is 105 Å². The Kier molecular flexibility index (Phi) is 3.81. The van der Waals surface area contributed by atoms with Crippen LogP contribution >= 0.6 is 0 Å². The summed E-state index contributed by atoms with van der Waals surface area (Å²) in [5, 5.41) is 21.6. The molecule has 0 spiro atoms. The molecule has 1 fully saturated rings. The molecule has 5 heteroatoms. The fraction of sp³-hybridized carbons (Fsp3) is 0.462. The van der Waals surface area contributed by atoms with Gasteiger partial charge in [-0.3, -0.25) is 0 Å². The predicted octanol–water partition coefficient (Wildman–Crippen LogP) is 2.32. The number of hydrogen-bond donors (Lipinski definition) is 2. The number of rotatable bonds is 3. The van der Waals surface area contributed by atoms with E-state index in [-0.39, 0.29) is 6.10 Å². The van der Waals surface area contributed by atoms with E-state index >= 15 is 0 Å². The van der Waals surface area contributed by atoms with Gasteiger partial charge >= 0.3 is 0 Å². The number of nitrogens with zero attached hydrogens (tertiary/aromatic N) is 1. The first kappa shape index (κ1) is 12.8. The first-order valence-electron chi connectivity index (χ1n) is 5.95. The lowest BCUT2D eigenvalue weighted by molar-refractivity contribution is 0.0600. The van der Waals surface area contributed by atoms with E-state index in [0.717, 1.165) is 12.8 Å². The largest absolute Gasteiger partial charge is 0.487 e. The minimum Gasteiger partial charge on any atom is -0.487 e. The third-order valence-electron chi connectivity index (χ3n) is 3.18. The van der Waals surface area contributed by atoms with E-state index in [2.05, 4.69) is 5.16 Å². The first-order chi connectivity index (χ1) is 8.61. The molecule has 2 N–H and O–H groups in total. The van der Waals surface area contributed by atoms with Crippen molar-refractivity contribution in [2.45, 2.75) is 38.4 Å². The van der Waals surface area contributed by atoms with Crippen LogP contribution in [0.4, 0.5) is 4.39 Å². The molecule has 0 radical (unpaired) electrons. The number of aliphatic hydroxyl groups is 1. The maximum absolute atomic E-state index is 13.2. The molecule has 2 rings (SSSR count). The van der Waals surface area contributed by atoms with E-state index in [0.29, 0.717) is 23.4 Å². The summed E-state index contributed by atoms with van der Waals surface area (Å²) in [4.78, 5) is 0. The summed E-state index contributed by atoms with van der Waals surface area (Å²) < 4.78 is 18.9. The zero-order valence-corrected chi connectivity index (χ0v) is 10.1. The van der Waals surface area contributed by atoms with Gasteiger partial charge in [-0.1, -0.05) is 5.16 Å². The Balaban J connectivity index is 2.27. The second kappa shape index (κ2) is 5.35. The summed E-state index contributed by atoms with van der Waals surface area (Å²) in [6, 6.07) is 4.03. The van der Waals surface area contributed by atoms with Gasteiger partial charge in [0.25, 0.3) is 0 Å². The third kappa shape index (κ3) is 2.61. The van der Waals surface area contributed by atoms with Gasteiger partial charge in [0, 0.05) is 11.6 Å². The molecule has 98 valence electrons. The van der Waals surface area contributed by atoms with Gasteiger partial charge in [-0.2, -0.15) is 0 Å². The standard InChI is InChI=1S/C13H16FNO3/c1-8(15-17)10-6-5-9(14)7-13(10)18-12-4-2-3-11(12)16/h5-7,11-12,16-17H,2-4H2,1H3/b15-8-. The lowest BCUT2D eigenvalue weighted by Crippen LogP contribution is -2.26. The van der Waals surface area contributed by atoms with E-state index in [9.17, 15) is 9.50 Å². The number of benzene rings is 1. The Hall–Kier alpha value is -1.62. The third-order valence-corrected chi connectivity index (χ3v) is 3.18. The number of oxime groups is 1. The van der Waals surface area contributed by atoms with Crippen molar-refractivity contribution in [3.05, 3.63) is 29.6 Å². The highest BCUT2D eigenvalue weighted by Gasteiger charge is 2.27. The molecule has 0 saturated heterocycles. The van der Waals surface area contributed by atoms with Crippen molar-refractivity contribution in [2.24, 2.45) is 5.16 Å². The molecule has 4 nitrogen and oxygen atoms in total. The summed E-state index contributed by atoms with van der Waals surface area (Å²) in [7, 11) is 0. The van der Waals surface area contributed by atoms with Crippen LogP contribution in [0.5, 0.6) is 5.75 Å². The van der Waals surface area contributed by atoms with E-state index < -0.39 is 11.9 Å². The lowest BCUT2D eigenvalue weighted by atomic mass is 10.1. The van der Waals surface area contributed by atoms with Gasteiger partial charge in [0.05, 0.1) is 11.8 Å². The normalized spacial score (nSPS) is 24.3. The second-order valence-electron chi connectivity index (χ2n) is 4.48. The molecule has 2 unspecified atom stereocenters. The van der Waals surface area contributed by atoms with Crippen LogP contribution in [0.1, 0.15) is 31.7 Å². The van der Waals surface area contributed by atoms with Crippen LogP contribution in [0.15, 0.2) is 23.4 Å². The van der Waals surface area contributed by atoms with Gasteiger partial charge in [0.15, 0.2) is 0 Å². The summed E-state index contributed by atoms with van der Waals surface area (Å²) in [6.07, 6.45) is 1.49. The molecule has 0 heterocycles. The summed E-state index contributed by atoms with van der Waals surface area (Å²) in [5.41, 5.74) is 0.871. The smallest absolute Gasteiger partial charge is 0.131 e. The van der Waals surface area contributed by atoms with Crippen molar-refractivity contribution in [2.75, 3.05) is 0 Å². The van der Waals surface area contributed by atoms with Gasteiger partial charge in [0.2, 0.25) is 0 Å². The molecule has 1 aromatic rings. The van der Waals surface area contributed by atoms with Gasteiger partial charge in [-0.15, -0.1) is 0 Å². The van der Waals surface area contributed by atoms with Crippen LogP contribution in [0.25, 0.3) is 0 Å². The maximum atomic E-state index is 13.2. The van der Waals surface area contributed by atoms with Crippen molar-refractivity contribution in [3.8, 4) is 5.75 Å². The first-order valence-corrected chi connectivity index (χ1v) is 5.95. The summed E-state index contributed by atoms with van der Waals surface area (Å²) in [6.45, 7) is 1.60. The lowest BCUT2D eigenvalue weighted by Gasteiger charge is -2.19. The number of ether oxygens (including phenoxy) is 1. The fourth-order valence-corrected chi connectivity index (χ4v) is 2.15. The zero-order valence-electron chi connectivity index (χ0n) is 10.1. The van der Waals surface area contributed by atoms with Crippen LogP contribution in [-0.4, -0.2) is 28.2 Å². The Bertz CT molecular complexity index is 462. The van der Waals surface area contributed by atoms with Crippen LogP contribution in [0.2, 0.25) is 0 Å². The van der Waals surface area contributed by atoms with Gasteiger partial charge in [0.1, 0.15) is 17.7 Å². The van der Waals surface area contributed by atoms with Crippen LogP contribution in [0, 0.1) is 5.82 Å². The topological polar surface area (TPSA) is 62.1 Å². The predicted molar refractivity (Wildman–Crippen MR) is 64.7 cm³/mol. The van der Waals surface area contributed by atoms with Crippen molar-refractivity contribution in [1.29, 1.82) is 0 Å². The molecular formula is C13H16FNO3. The second-order valence-corrected chi connectivity index (χ2v) is 4.48. The molecule has 2 atom stereocenters. The van der Waals surface area contributed by atoms with Crippen LogP contribution in [-0.2, 0) is 0 Å². The number of aliphatic hydroxyl groups excluding tert-OH is 1. The van der Waals surface area contributed by atoms with Crippen molar-refractivity contribution in [3.63, 3.8) is 0 Å². The fourth-order valence-electron chi connectivity index (χ4n) is 2.15. The molecule has 0 aliphatic heterocycles. The molecular weight excluding hydrogens is 237 g/mol. The summed E-state index contributed by atoms with van der Waals surface area (Å²) >= 11 is 0. The van der Waals surface area contributed by atoms with E-state index in [1.54, 1.807) is 6.92 Å². The average molecular weight is 253 g/mol. The van der Waals surface area contributed by atoms with Crippen LogP contribution in [0.3, 0.4) is 0 Å². The van der Waals surface area contributed by atoms with Crippen molar-refractivity contribution >= 4 is 5.71 Å². The Morgan fingerprint density at radius 2 is 2.22 bits per heavy atom. The molecule has 0 bridgehead atoms. The minimum atomic E-state index is -0.521.